The molecule has 7 heteroatoms. The zero-order chi connectivity index (χ0) is 18.9. The number of ether oxygens (including phenoxy) is 2. The fraction of sp³-hybridized carbons (Fsp3) is 0.450. The molecule has 7 nitrogen and oxygen atoms in total. The summed E-state index contributed by atoms with van der Waals surface area (Å²) in [5.74, 6) is 0.0290. The van der Waals surface area contributed by atoms with Gasteiger partial charge >= 0.3 is 0 Å². The van der Waals surface area contributed by atoms with Crippen LogP contribution < -0.4 is 5.32 Å². The van der Waals surface area contributed by atoms with Crippen molar-refractivity contribution in [3.8, 4) is 0 Å². The van der Waals surface area contributed by atoms with Gasteiger partial charge in [0.1, 0.15) is 11.5 Å². The van der Waals surface area contributed by atoms with Crippen molar-refractivity contribution in [3.63, 3.8) is 0 Å². The lowest BCUT2D eigenvalue weighted by Crippen LogP contribution is -2.47. The van der Waals surface area contributed by atoms with Gasteiger partial charge < -0.3 is 19.7 Å². The number of carbonyl (C=O) groups is 1. The third-order valence-corrected chi connectivity index (χ3v) is 5.36. The van der Waals surface area contributed by atoms with Crippen LogP contribution >= 0.6 is 0 Å². The molecule has 1 aromatic heterocycles. The molecule has 1 aromatic carbocycles. The van der Waals surface area contributed by atoms with Crippen LogP contribution in [-0.4, -0.2) is 52.9 Å². The van der Waals surface area contributed by atoms with Gasteiger partial charge in [-0.25, -0.2) is 9.97 Å². The molecule has 2 aromatic rings. The summed E-state index contributed by atoms with van der Waals surface area (Å²) < 4.78 is 11.4. The predicted molar refractivity (Wildman–Crippen MR) is 101 cm³/mol. The quantitative estimate of drug-likeness (QED) is 0.898. The number of hydrogen-bond donors (Lipinski definition) is 1. The van der Waals surface area contributed by atoms with E-state index in [1.165, 1.54) is 11.8 Å². The van der Waals surface area contributed by atoms with Crippen molar-refractivity contribution in [2.75, 3.05) is 31.6 Å². The van der Waals surface area contributed by atoms with E-state index in [2.05, 4.69) is 35.2 Å². The molecule has 0 atom stereocenters. The summed E-state index contributed by atoms with van der Waals surface area (Å²) in [7, 11) is 0. The number of benzene rings is 1. The summed E-state index contributed by atoms with van der Waals surface area (Å²) in [5, 5.41) is 3.26. The number of aromatic nitrogens is 2. The second kappa shape index (κ2) is 7.25. The number of nitrogens with one attached hydrogen (secondary N) is 1. The van der Waals surface area contributed by atoms with Crippen molar-refractivity contribution >= 4 is 17.4 Å². The Balaban J connectivity index is 1.40. The Bertz CT molecular complexity index is 822. The lowest BCUT2D eigenvalue weighted by Gasteiger charge is -2.37. The molecule has 27 heavy (non-hydrogen) atoms. The van der Waals surface area contributed by atoms with E-state index in [0.29, 0.717) is 50.7 Å². The van der Waals surface area contributed by atoms with Crippen LogP contribution in [0.4, 0.5) is 11.5 Å². The molecule has 0 aliphatic carbocycles. The fourth-order valence-corrected chi connectivity index (χ4v) is 3.53. The predicted octanol–water partition coefficient (Wildman–Crippen LogP) is 2.82. The van der Waals surface area contributed by atoms with E-state index in [1.807, 2.05) is 12.1 Å². The van der Waals surface area contributed by atoms with Gasteiger partial charge in [-0.1, -0.05) is 12.1 Å². The molecule has 0 unspecified atom stereocenters. The summed E-state index contributed by atoms with van der Waals surface area (Å²) in [6.07, 6.45) is 4.52. The summed E-state index contributed by atoms with van der Waals surface area (Å²) in [4.78, 5) is 23.2. The molecule has 1 N–H and O–H groups in total. The summed E-state index contributed by atoms with van der Waals surface area (Å²) in [6.45, 7) is 6.59. The first-order valence-corrected chi connectivity index (χ1v) is 9.29. The van der Waals surface area contributed by atoms with Crippen LogP contribution in [0.3, 0.4) is 0 Å². The van der Waals surface area contributed by atoms with Gasteiger partial charge in [0.05, 0.1) is 25.6 Å². The molecule has 3 heterocycles. The van der Waals surface area contributed by atoms with Crippen LogP contribution in [0.15, 0.2) is 30.6 Å². The number of carbonyl (C=O) groups excluding carboxylic acids is 1. The van der Waals surface area contributed by atoms with Crippen LogP contribution in [0.2, 0.25) is 0 Å². The lowest BCUT2D eigenvalue weighted by atomic mass is 10.0. The van der Waals surface area contributed by atoms with Gasteiger partial charge in [0, 0.05) is 31.6 Å². The van der Waals surface area contributed by atoms with E-state index < -0.39 is 5.79 Å². The molecular formula is C20H24N4O3. The second-order valence-corrected chi connectivity index (χ2v) is 7.06. The number of aryl methyl sites for hydroxylation is 1. The SMILES string of the molecule is Cc1cccc(Nc2cnc(C(=O)N3CCC4(CC3)OCCO4)cn2)c1C. The molecule has 142 valence electrons. The number of hydrogen-bond acceptors (Lipinski definition) is 6. The molecule has 1 amide bonds. The number of rotatable bonds is 3. The number of amides is 1. The number of piperidine rings is 1. The third kappa shape index (κ3) is 3.65. The Morgan fingerprint density at radius 2 is 1.85 bits per heavy atom. The first kappa shape index (κ1) is 17.9. The molecule has 1 spiro atoms. The molecule has 2 aliphatic heterocycles. The minimum absolute atomic E-state index is 0.103. The lowest BCUT2D eigenvalue weighted by molar-refractivity contribution is -0.181. The van der Waals surface area contributed by atoms with Crippen LogP contribution in [-0.2, 0) is 9.47 Å². The van der Waals surface area contributed by atoms with Gasteiger partial charge in [-0.2, -0.15) is 0 Å². The van der Waals surface area contributed by atoms with E-state index in [1.54, 1.807) is 11.1 Å². The Kier molecular flexibility index (Phi) is 4.80. The molecule has 2 fully saturated rings. The number of nitrogens with zero attached hydrogens (tertiary/aromatic N) is 3. The van der Waals surface area contributed by atoms with Gasteiger partial charge in [0.15, 0.2) is 5.79 Å². The normalized spacial score (nSPS) is 18.7. The highest BCUT2D eigenvalue weighted by atomic mass is 16.7. The van der Waals surface area contributed by atoms with Crippen molar-refractivity contribution < 1.29 is 14.3 Å². The van der Waals surface area contributed by atoms with Gasteiger partial charge in [-0.05, 0) is 31.0 Å². The zero-order valence-electron chi connectivity index (χ0n) is 15.7. The zero-order valence-corrected chi connectivity index (χ0v) is 15.7. The van der Waals surface area contributed by atoms with E-state index in [9.17, 15) is 4.79 Å². The highest BCUT2D eigenvalue weighted by Crippen LogP contribution is 2.31. The average Bonchev–Trinajstić information content (AvgIpc) is 3.14. The van der Waals surface area contributed by atoms with E-state index in [0.717, 1.165) is 11.3 Å². The topological polar surface area (TPSA) is 76.6 Å². The van der Waals surface area contributed by atoms with Crippen LogP contribution in [0.1, 0.15) is 34.5 Å². The second-order valence-electron chi connectivity index (χ2n) is 7.06. The summed E-state index contributed by atoms with van der Waals surface area (Å²) in [5.41, 5.74) is 3.71. The molecule has 2 aliphatic rings. The van der Waals surface area contributed by atoms with Crippen molar-refractivity contribution in [1.82, 2.24) is 14.9 Å². The summed E-state index contributed by atoms with van der Waals surface area (Å²) >= 11 is 0. The molecule has 0 saturated carbocycles. The minimum Gasteiger partial charge on any atom is -0.347 e. The number of anilines is 2. The van der Waals surface area contributed by atoms with E-state index in [4.69, 9.17) is 9.47 Å². The van der Waals surface area contributed by atoms with E-state index in [-0.39, 0.29) is 5.91 Å². The van der Waals surface area contributed by atoms with Crippen LogP contribution in [0, 0.1) is 13.8 Å². The van der Waals surface area contributed by atoms with Crippen molar-refractivity contribution in [1.29, 1.82) is 0 Å². The van der Waals surface area contributed by atoms with Crippen molar-refractivity contribution in [3.05, 3.63) is 47.4 Å². The Morgan fingerprint density at radius 1 is 1.11 bits per heavy atom. The molecule has 2 saturated heterocycles. The molecule has 4 rings (SSSR count). The Hall–Kier alpha value is -2.51. The molecule has 0 radical (unpaired) electrons. The van der Waals surface area contributed by atoms with Crippen molar-refractivity contribution in [2.45, 2.75) is 32.5 Å². The number of likely N-dealkylation sites (tertiary alicyclic amines) is 1. The highest BCUT2D eigenvalue weighted by Gasteiger charge is 2.41. The van der Waals surface area contributed by atoms with Crippen LogP contribution in [0.25, 0.3) is 0 Å². The first-order valence-electron chi connectivity index (χ1n) is 9.29. The fourth-order valence-electron chi connectivity index (χ4n) is 3.53. The maximum atomic E-state index is 12.7. The Morgan fingerprint density at radius 3 is 2.52 bits per heavy atom. The minimum atomic E-state index is -0.484. The average molecular weight is 368 g/mol. The smallest absolute Gasteiger partial charge is 0.274 e. The van der Waals surface area contributed by atoms with Gasteiger partial charge in [0.2, 0.25) is 0 Å². The van der Waals surface area contributed by atoms with Gasteiger partial charge in [-0.3, -0.25) is 4.79 Å². The maximum absolute atomic E-state index is 12.7. The summed E-state index contributed by atoms with van der Waals surface area (Å²) in [6, 6.07) is 6.06. The highest BCUT2D eigenvalue weighted by molar-refractivity contribution is 5.92. The Labute approximate surface area is 158 Å². The maximum Gasteiger partial charge on any atom is 0.274 e. The van der Waals surface area contributed by atoms with E-state index >= 15 is 0 Å². The largest absolute Gasteiger partial charge is 0.347 e. The van der Waals surface area contributed by atoms with Crippen LogP contribution in [0.5, 0.6) is 0 Å². The van der Waals surface area contributed by atoms with Gasteiger partial charge in [-0.15, -0.1) is 0 Å². The molecule has 0 bridgehead atoms. The first-order chi connectivity index (χ1) is 13.1. The molecular weight excluding hydrogens is 344 g/mol. The van der Waals surface area contributed by atoms with Gasteiger partial charge in [0.25, 0.3) is 5.91 Å². The monoisotopic (exact) mass is 368 g/mol. The standard InChI is InChI=1S/C20H24N4O3/c1-14-4-3-5-16(15(14)2)23-18-13-21-17(12-22-18)19(25)24-8-6-20(7-9-24)26-10-11-27-20/h3-5,12-13H,6-11H2,1-2H3,(H,22,23). The third-order valence-electron chi connectivity index (χ3n) is 5.36. The van der Waals surface area contributed by atoms with Crippen molar-refractivity contribution in [2.24, 2.45) is 0 Å².